The second kappa shape index (κ2) is 6.16. The molecule has 2 rings (SSSR count). The van der Waals surface area contributed by atoms with Gasteiger partial charge in [0.05, 0.1) is 11.9 Å². The summed E-state index contributed by atoms with van der Waals surface area (Å²) in [6.45, 7) is 4.25. The van der Waals surface area contributed by atoms with Crippen molar-refractivity contribution in [2.45, 2.75) is 13.5 Å². The Morgan fingerprint density at radius 1 is 1.39 bits per heavy atom. The maximum Gasteiger partial charge on any atom is 0.119 e. The van der Waals surface area contributed by atoms with Crippen molar-refractivity contribution >= 4 is 0 Å². The molecule has 0 bridgehead atoms. The number of hydrogen-bond acceptors (Lipinski definition) is 4. The third-order valence-electron chi connectivity index (χ3n) is 2.65. The highest BCUT2D eigenvalue weighted by Crippen LogP contribution is 2.11. The molecule has 0 fully saturated rings. The van der Waals surface area contributed by atoms with Crippen molar-refractivity contribution in [3.8, 4) is 5.75 Å². The van der Waals surface area contributed by atoms with Gasteiger partial charge >= 0.3 is 0 Å². The van der Waals surface area contributed by atoms with Crippen LogP contribution in [0.5, 0.6) is 5.75 Å². The van der Waals surface area contributed by atoms with E-state index < -0.39 is 0 Å². The van der Waals surface area contributed by atoms with Crippen LogP contribution in [0.25, 0.3) is 0 Å². The van der Waals surface area contributed by atoms with E-state index in [4.69, 9.17) is 4.74 Å². The van der Waals surface area contributed by atoms with E-state index in [2.05, 4.69) is 28.6 Å². The first-order valence-electron chi connectivity index (χ1n) is 5.99. The molecule has 0 saturated heterocycles. The second-order valence-corrected chi connectivity index (χ2v) is 4.19. The number of nitrogens with one attached hydrogen (secondary N) is 1. The van der Waals surface area contributed by atoms with Gasteiger partial charge in [0.2, 0.25) is 0 Å². The molecule has 5 heteroatoms. The van der Waals surface area contributed by atoms with E-state index in [9.17, 15) is 0 Å². The fraction of sp³-hybridized carbons (Fsp3) is 0.385. The van der Waals surface area contributed by atoms with Crippen LogP contribution in [0.3, 0.4) is 0 Å². The van der Waals surface area contributed by atoms with Gasteiger partial charge in [-0.25, -0.2) is 0 Å². The van der Waals surface area contributed by atoms with Gasteiger partial charge in [0.15, 0.2) is 0 Å². The maximum absolute atomic E-state index is 5.64. The van der Waals surface area contributed by atoms with Gasteiger partial charge in [0, 0.05) is 20.1 Å². The molecule has 0 aliphatic heterocycles. The number of ether oxygens (including phenoxy) is 1. The summed E-state index contributed by atoms with van der Waals surface area (Å²) in [6.07, 6.45) is 1.76. The monoisotopic (exact) mass is 246 g/mol. The van der Waals surface area contributed by atoms with E-state index in [0.29, 0.717) is 6.61 Å². The number of hydrogen-bond donors (Lipinski definition) is 1. The molecule has 0 spiro atoms. The van der Waals surface area contributed by atoms with Gasteiger partial charge in [-0.05, 0) is 24.6 Å². The predicted molar refractivity (Wildman–Crippen MR) is 69.4 cm³/mol. The Kier molecular flexibility index (Phi) is 4.30. The van der Waals surface area contributed by atoms with E-state index in [1.807, 2.05) is 25.2 Å². The number of benzene rings is 1. The molecule has 1 heterocycles. The Labute approximate surface area is 107 Å². The van der Waals surface area contributed by atoms with Crippen molar-refractivity contribution in [3.63, 3.8) is 0 Å². The van der Waals surface area contributed by atoms with Gasteiger partial charge in [-0.1, -0.05) is 17.3 Å². The topological polar surface area (TPSA) is 52.0 Å². The fourth-order valence-corrected chi connectivity index (χ4v) is 1.63. The van der Waals surface area contributed by atoms with E-state index in [1.165, 1.54) is 5.56 Å². The zero-order chi connectivity index (χ0) is 12.8. The number of aryl methyl sites for hydroxylation is 2. The molecule has 0 unspecified atom stereocenters. The highest BCUT2D eigenvalue weighted by Gasteiger charge is 1.98. The number of rotatable bonds is 6. The van der Waals surface area contributed by atoms with Gasteiger partial charge in [0.25, 0.3) is 0 Å². The SMILES string of the molecule is Cc1cccc(OCCNCc2cnnn2C)c1. The van der Waals surface area contributed by atoms with Crippen LogP contribution in [0.2, 0.25) is 0 Å². The van der Waals surface area contributed by atoms with Crippen molar-refractivity contribution < 1.29 is 4.74 Å². The van der Waals surface area contributed by atoms with Crippen molar-refractivity contribution in [1.29, 1.82) is 0 Å². The summed E-state index contributed by atoms with van der Waals surface area (Å²) in [7, 11) is 1.88. The molecule has 0 amide bonds. The van der Waals surface area contributed by atoms with E-state index in [1.54, 1.807) is 10.9 Å². The zero-order valence-electron chi connectivity index (χ0n) is 10.8. The summed E-state index contributed by atoms with van der Waals surface area (Å²) in [4.78, 5) is 0. The van der Waals surface area contributed by atoms with Crippen molar-refractivity contribution in [3.05, 3.63) is 41.7 Å². The van der Waals surface area contributed by atoms with Gasteiger partial charge in [-0.2, -0.15) is 0 Å². The van der Waals surface area contributed by atoms with E-state index >= 15 is 0 Å². The van der Waals surface area contributed by atoms with Crippen LogP contribution in [0.15, 0.2) is 30.5 Å². The maximum atomic E-state index is 5.64. The molecule has 1 N–H and O–H groups in total. The molecular weight excluding hydrogens is 228 g/mol. The molecule has 0 aliphatic carbocycles. The average molecular weight is 246 g/mol. The molecule has 18 heavy (non-hydrogen) atoms. The van der Waals surface area contributed by atoms with Gasteiger partial charge in [0.1, 0.15) is 12.4 Å². The summed E-state index contributed by atoms with van der Waals surface area (Å²) >= 11 is 0. The smallest absolute Gasteiger partial charge is 0.119 e. The molecule has 0 atom stereocenters. The molecule has 1 aromatic carbocycles. The van der Waals surface area contributed by atoms with Gasteiger partial charge in [-0.3, -0.25) is 4.68 Å². The Balaban J connectivity index is 1.66. The minimum absolute atomic E-state index is 0.648. The molecule has 1 aromatic heterocycles. The summed E-state index contributed by atoms with van der Waals surface area (Å²) in [6, 6.07) is 8.06. The van der Waals surface area contributed by atoms with Crippen LogP contribution < -0.4 is 10.1 Å². The minimum Gasteiger partial charge on any atom is -0.492 e. The molecule has 0 saturated carbocycles. The molecule has 96 valence electrons. The highest BCUT2D eigenvalue weighted by atomic mass is 16.5. The largest absolute Gasteiger partial charge is 0.492 e. The summed E-state index contributed by atoms with van der Waals surface area (Å²) < 4.78 is 7.39. The molecule has 5 nitrogen and oxygen atoms in total. The summed E-state index contributed by atoms with van der Waals surface area (Å²) in [5.41, 5.74) is 2.27. The van der Waals surface area contributed by atoms with Crippen molar-refractivity contribution in [1.82, 2.24) is 20.3 Å². The standard InChI is InChI=1S/C13H18N4O/c1-11-4-3-5-13(8-11)18-7-6-14-9-12-10-15-16-17(12)2/h3-5,8,10,14H,6-7,9H2,1-2H3. The van der Waals surface area contributed by atoms with Gasteiger partial charge in [-0.15, -0.1) is 5.10 Å². The first-order chi connectivity index (χ1) is 8.75. The van der Waals surface area contributed by atoms with E-state index in [0.717, 1.165) is 24.5 Å². The summed E-state index contributed by atoms with van der Waals surface area (Å²) in [5.74, 6) is 0.916. The quantitative estimate of drug-likeness (QED) is 0.780. The lowest BCUT2D eigenvalue weighted by atomic mass is 10.2. The molecule has 0 radical (unpaired) electrons. The Bertz CT molecular complexity index is 495. The normalized spacial score (nSPS) is 10.6. The van der Waals surface area contributed by atoms with Gasteiger partial charge < -0.3 is 10.1 Å². The van der Waals surface area contributed by atoms with Crippen LogP contribution in [-0.2, 0) is 13.6 Å². The van der Waals surface area contributed by atoms with Crippen LogP contribution in [0, 0.1) is 6.92 Å². The highest BCUT2D eigenvalue weighted by molar-refractivity contribution is 5.27. The Hall–Kier alpha value is -1.88. The summed E-state index contributed by atoms with van der Waals surface area (Å²) in [5, 5.41) is 11.0. The Morgan fingerprint density at radius 3 is 3.00 bits per heavy atom. The lowest BCUT2D eigenvalue weighted by Gasteiger charge is -2.08. The van der Waals surface area contributed by atoms with Crippen molar-refractivity contribution in [2.75, 3.05) is 13.2 Å². The predicted octanol–water partition coefficient (Wildman–Crippen LogP) is 1.29. The lowest BCUT2D eigenvalue weighted by molar-refractivity contribution is 0.313. The van der Waals surface area contributed by atoms with Crippen LogP contribution >= 0.6 is 0 Å². The zero-order valence-corrected chi connectivity index (χ0v) is 10.8. The Morgan fingerprint density at radius 2 is 2.28 bits per heavy atom. The van der Waals surface area contributed by atoms with Crippen LogP contribution in [-0.4, -0.2) is 28.1 Å². The average Bonchev–Trinajstić information content (AvgIpc) is 2.75. The first kappa shape index (κ1) is 12.6. The number of nitrogens with zero attached hydrogens (tertiary/aromatic N) is 3. The van der Waals surface area contributed by atoms with Crippen molar-refractivity contribution in [2.24, 2.45) is 7.05 Å². The molecular formula is C13H18N4O. The second-order valence-electron chi connectivity index (χ2n) is 4.19. The van der Waals surface area contributed by atoms with Crippen LogP contribution in [0.1, 0.15) is 11.3 Å². The molecule has 2 aromatic rings. The minimum atomic E-state index is 0.648. The first-order valence-corrected chi connectivity index (χ1v) is 5.99. The third kappa shape index (κ3) is 3.56. The third-order valence-corrected chi connectivity index (χ3v) is 2.65. The fourth-order valence-electron chi connectivity index (χ4n) is 1.63. The van der Waals surface area contributed by atoms with Crippen LogP contribution in [0.4, 0.5) is 0 Å². The lowest BCUT2D eigenvalue weighted by Crippen LogP contribution is -2.21. The van der Waals surface area contributed by atoms with E-state index in [-0.39, 0.29) is 0 Å². The number of aromatic nitrogens is 3. The molecule has 0 aliphatic rings.